The third kappa shape index (κ3) is 2.85. The minimum Gasteiger partial charge on any atom is -0.330 e. The SMILES string of the molecule is NCC1CCCC1C(=O)Nc1cc(F)cc(F)c1. The summed E-state index contributed by atoms with van der Waals surface area (Å²) < 4.78 is 26.0. The summed E-state index contributed by atoms with van der Waals surface area (Å²) in [7, 11) is 0. The van der Waals surface area contributed by atoms with E-state index in [1.807, 2.05) is 0 Å². The number of carbonyl (C=O) groups is 1. The Bertz CT molecular complexity index is 430. The molecule has 5 heteroatoms. The van der Waals surface area contributed by atoms with Crippen LogP contribution in [0, 0.1) is 23.5 Å². The average molecular weight is 254 g/mol. The maximum absolute atomic E-state index is 13.0. The Morgan fingerprint density at radius 3 is 2.56 bits per heavy atom. The Hall–Kier alpha value is -1.49. The van der Waals surface area contributed by atoms with E-state index >= 15 is 0 Å². The molecule has 0 spiro atoms. The first-order valence-electron chi connectivity index (χ1n) is 6.07. The number of benzene rings is 1. The number of amides is 1. The number of hydrogen-bond donors (Lipinski definition) is 2. The lowest BCUT2D eigenvalue weighted by molar-refractivity contribution is -0.120. The lowest BCUT2D eigenvalue weighted by Crippen LogP contribution is -2.29. The van der Waals surface area contributed by atoms with E-state index in [2.05, 4.69) is 5.32 Å². The normalized spacial score (nSPS) is 23.1. The smallest absolute Gasteiger partial charge is 0.227 e. The van der Waals surface area contributed by atoms with Crippen molar-refractivity contribution in [3.05, 3.63) is 29.8 Å². The molecular formula is C13H16F2N2O. The highest BCUT2D eigenvalue weighted by atomic mass is 19.1. The topological polar surface area (TPSA) is 55.1 Å². The van der Waals surface area contributed by atoms with Crippen molar-refractivity contribution in [1.29, 1.82) is 0 Å². The molecule has 1 aromatic carbocycles. The van der Waals surface area contributed by atoms with E-state index in [4.69, 9.17) is 5.73 Å². The van der Waals surface area contributed by atoms with Crippen molar-refractivity contribution in [3.8, 4) is 0 Å². The van der Waals surface area contributed by atoms with Crippen LogP contribution in [-0.2, 0) is 4.79 Å². The minimum atomic E-state index is -0.702. The fraction of sp³-hybridized carbons (Fsp3) is 0.462. The van der Waals surface area contributed by atoms with Gasteiger partial charge in [0.15, 0.2) is 0 Å². The summed E-state index contributed by atoms with van der Waals surface area (Å²) in [5.74, 6) is -1.59. The van der Waals surface area contributed by atoms with Crippen LogP contribution in [0.1, 0.15) is 19.3 Å². The van der Waals surface area contributed by atoms with Gasteiger partial charge in [-0.05, 0) is 37.4 Å². The van der Waals surface area contributed by atoms with Crippen molar-refractivity contribution >= 4 is 11.6 Å². The number of halogens is 2. The summed E-state index contributed by atoms with van der Waals surface area (Å²) in [5, 5.41) is 2.56. The van der Waals surface area contributed by atoms with E-state index < -0.39 is 11.6 Å². The standard InChI is InChI=1S/C13H16F2N2O/c14-9-4-10(15)6-11(5-9)17-13(18)12-3-1-2-8(12)7-16/h4-6,8,12H,1-3,7,16H2,(H,17,18). The van der Waals surface area contributed by atoms with Crippen molar-refractivity contribution in [2.24, 2.45) is 17.6 Å². The molecule has 1 aromatic rings. The minimum absolute atomic E-state index is 0.152. The number of anilines is 1. The number of hydrogen-bond acceptors (Lipinski definition) is 2. The van der Waals surface area contributed by atoms with E-state index in [-0.39, 0.29) is 23.4 Å². The Balaban J connectivity index is 2.06. The van der Waals surface area contributed by atoms with Crippen LogP contribution in [0.15, 0.2) is 18.2 Å². The summed E-state index contributed by atoms with van der Waals surface area (Å²) in [6.45, 7) is 0.468. The van der Waals surface area contributed by atoms with Gasteiger partial charge in [0, 0.05) is 17.7 Å². The van der Waals surface area contributed by atoms with Gasteiger partial charge in [-0.2, -0.15) is 0 Å². The van der Waals surface area contributed by atoms with E-state index in [0.717, 1.165) is 37.5 Å². The fourth-order valence-electron chi connectivity index (χ4n) is 2.53. The van der Waals surface area contributed by atoms with Gasteiger partial charge in [-0.1, -0.05) is 6.42 Å². The molecule has 18 heavy (non-hydrogen) atoms. The molecule has 1 saturated carbocycles. The molecule has 0 radical (unpaired) electrons. The largest absolute Gasteiger partial charge is 0.330 e. The molecule has 3 nitrogen and oxygen atoms in total. The second-order valence-electron chi connectivity index (χ2n) is 4.68. The van der Waals surface area contributed by atoms with Crippen molar-refractivity contribution in [2.75, 3.05) is 11.9 Å². The number of carbonyl (C=O) groups excluding carboxylic acids is 1. The van der Waals surface area contributed by atoms with Crippen LogP contribution in [0.4, 0.5) is 14.5 Å². The highest BCUT2D eigenvalue weighted by Gasteiger charge is 2.31. The van der Waals surface area contributed by atoms with Gasteiger partial charge in [0.05, 0.1) is 0 Å². The molecule has 2 atom stereocenters. The molecule has 0 bridgehead atoms. The number of nitrogens with one attached hydrogen (secondary N) is 1. The van der Waals surface area contributed by atoms with Crippen LogP contribution in [0.2, 0.25) is 0 Å². The number of rotatable bonds is 3. The van der Waals surface area contributed by atoms with Crippen LogP contribution < -0.4 is 11.1 Å². The van der Waals surface area contributed by atoms with Crippen LogP contribution in [-0.4, -0.2) is 12.5 Å². The maximum atomic E-state index is 13.0. The first-order chi connectivity index (χ1) is 8.60. The van der Waals surface area contributed by atoms with Crippen molar-refractivity contribution in [3.63, 3.8) is 0 Å². The van der Waals surface area contributed by atoms with E-state index in [1.54, 1.807) is 0 Å². The third-order valence-corrected chi connectivity index (χ3v) is 3.43. The Labute approximate surface area is 104 Å². The van der Waals surface area contributed by atoms with Gasteiger partial charge < -0.3 is 11.1 Å². The fourth-order valence-corrected chi connectivity index (χ4v) is 2.53. The predicted octanol–water partition coefficient (Wildman–Crippen LogP) is 2.28. The van der Waals surface area contributed by atoms with Crippen LogP contribution in [0.5, 0.6) is 0 Å². The predicted molar refractivity (Wildman–Crippen MR) is 64.9 cm³/mol. The maximum Gasteiger partial charge on any atom is 0.227 e. The van der Waals surface area contributed by atoms with Crippen molar-refractivity contribution < 1.29 is 13.6 Å². The van der Waals surface area contributed by atoms with Crippen LogP contribution in [0.3, 0.4) is 0 Å². The molecule has 0 heterocycles. The second-order valence-corrected chi connectivity index (χ2v) is 4.68. The van der Waals surface area contributed by atoms with Gasteiger partial charge in [-0.3, -0.25) is 4.79 Å². The van der Waals surface area contributed by atoms with Gasteiger partial charge in [0.25, 0.3) is 0 Å². The Morgan fingerprint density at radius 1 is 1.28 bits per heavy atom. The number of nitrogens with two attached hydrogens (primary N) is 1. The van der Waals surface area contributed by atoms with Crippen LogP contribution in [0.25, 0.3) is 0 Å². The van der Waals surface area contributed by atoms with Gasteiger partial charge >= 0.3 is 0 Å². The first-order valence-corrected chi connectivity index (χ1v) is 6.07. The molecule has 0 aromatic heterocycles. The van der Waals surface area contributed by atoms with E-state index in [0.29, 0.717) is 6.54 Å². The molecule has 1 aliphatic rings. The van der Waals surface area contributed by atoms with Crippen LogP contribution >= 0.6 is 0 Å². The summed E-state index contributed by atoms with van der Waals surface area (Å²) in [4.78, 5) is 12.0. The molecular weight excluding hydrogens is 238 g/mol. The lowest BCUT2D eigenvalue weighted by atomic mass is 9.95. The molecule has 1 fully saturated rings. The van der Waals surface area contributed by atoms with Crippen molar-refractivity contribution in [2.45, 2.75) is 19.3 Å². The monoisotopic (exact) mass is 254 g/mol. The highest BCUT2D eigenvalue weighted by Crippen LogP contribution is 2.31. The van der Waals surface area contributed by atoms with Gasteiger partial charge in [0.2, 0.25) is 5.91 Å². The molecule has 1 amide bonds. The average Bonchev–Trinajstić information content (AvgIpc) is 2.75. The Morgan fingerprint density at radius 2 is 1.94 bits per heavy atom. The summed E-state index contributed by atoms with van der Waals surface area (Å²) in [6.07, 6.45) is 2.69. The second kappa shape index (κ2) is 5.44. The highest BCUT2D eigenvalue weighted by molar-refractivity contribution is 5.92. The van der Waals surface area contributed by atoms with Gasteiger partial charge in [0.1, 0.15) is 11.6 Å². The summed E-state index contributed by atoms with van der Waals surface area (Å²) in [6, 6.07) is 2.98. The van der Waals surface area contributed by atoms with E-state index in [1.165, 1.54) is 0 Å². The van der Waals surface area contributed by atoms with Gasteiger partial charge in [-0.25, -0.2) is 8.78 Å². The lowest BCUT2D eigenvalue weighted by Gasteiger charge is -2.17. The van der Waals surface area contributed by atoms with Crippen molar-refractivity contribution in [1.82, 2.24) is 0 Å². The molecule has 2 rings (SSSR count). The molecule has 1 aliphatic carbocycles. The zero-order chi connectivity index (χ0) is 13.1. The zero-order valence-corrected chi connectivity index (χ0v) is 9.96. The summed E-state index contributed by atoms with van der Waals surface area (Å²) in [5.41, 5.74) is 5.76. The van der Waals surface area contributed by atoms with Gasteiger partial charge in [-0.15, -0.1) is 0 Å². The molecule has 3 N–H and O–H groups in total. The first kappa shape index (κ1) is 13.0. The molecule has 98 valence electrons. The zero-order valence-electron chi connectivity index (χ0n) is 9.96. The molecule has 0 saturated heterocycles. The third-order valence-electron chi connectivity index (χ3n) is 3.43. The molecule has 2 unspecified atom stereocenters. The summed E-state index contributed by atoms with van der Waals surface area (Å²) >= 11 is 0. The quantitative estimate of drug-likeness (QED) is 0.869. The molecule has 0 aliphatic heterocycles. The van der Waals surface area contributed by atoms with E-state index in [9.17, 15) is 13.6 Å². The Kier molecular flexibility index (Phi) is 3.91.